The first-order valence-corrected chi connectivity index (χ1v) is 10.9. The van der Waals surface area contributed by atoms with Crippen LogP contribution in [0.1, 0.15) is 60.5 Å². The second-order valence-corrected chi connectivity index (χ2v) is 9.36. The molecule has 4 atom stereocenters. The summed E-state index contributed by atoms with van der Waals surface area (Å²) in [5.41, 5.74) is 0.916. The van der Waals surface area contributed by atoms with Crippen LogP contribution in [0.4, 0.5) is 0 Å². The zero-order valence-electron chi connectivity index (χ0n) is 16.7. The van der Waals surface area contributed by atoms with Crippen molar-refractivity contribution in [3.8, 4) is 0 Å². The maximum absolute atomic E-state index is 13.1. The van der Waals surface area contributed by atoms with E-state index >= 15 is 0 Å². The van der Waals surface area contributed by atoms with Crippen LogP contribution in [0.3, 0.4) is 0 Å². The summed E-state index contributed by atoms with van der Waals surface area (Å²) in [5.74, 6) is 1.71. The lowest BCUT2D eigenvalue weighted by molar-refractivity contribution is -0.0211. The van der Waals surface area contributed by atoms with Gasteiger partial charge < -0.3 is 19.9 Å². The summed E-state index contributed by atoms with van der Waals surface area (Å²) in [6.07, 6.45) is 8.41. The van der Waals surface area contributed by atoms with E-state index in [1.54, 1.807) is 4.57 Å². The van der Waals surface area contributed by atoms with Crippen LogP contribution in [0, 0.1) is 24.7 Å². The summed E-state index contributed by atoms with van der Waals surface area (Å²) in [4.78, 5) is 26.0. The van der Waals surface area contributed by atoms with Crippen LogP contribution in [0.5, 0.6) is 0 Å². The molecule has 4 fully saturated rings. The lowest BCUT2D eigenvalue weighted by Crippen LogP contribution is -2.51. The summed E-state index contributed by atoms with van der Waals surface area (Å²) in [5, 5.41) is 6.70. The van der Waals surface area contributed by atoms with Gasteiger partial charge in [0.2, 0.25) is 0 Å². The third-order valence-corrected chi connectivity index (χ3v) is 7.07. The minimum absolute atomic E-state index is 0.0132. The Labute approximate surface area is 166 Å². The molecule has 28 heavy (non-hydrogen) atoms. The van der Waals surface area contributed by atoms with Crippen LogP contribution in [-0.2, 0) is 4.74 Å². The summed E-state index contributed by atoms with van der Waals surface area (Å²) < 4.78 is 8.01. The first-order chi connectivity index (χ1) is 13.6. The fourth-order valence-electron chi connectivity index (χ4n) is 4.96. The van der Waals surface area contributed by atoms with E-state index in [0.29, 0.717) is 23.3 Å². The Hall–Kier alpha value is -1.66. The molecule has 2 N–H and O–H groups in total. The summed E-state index contributed by atoms with van der Waals surface area (Å²) >= 11 is 0. The summed E-state index contributed by atoms with van der Waals surface area (Å²) in [6, 6.07) is 2.16. The van der Waals surface area contributed by atoms with Gasteiger partial charge in [-0.3, -0.25) is 9.59 Å². The minimum Gasteiger partial charge on any atom is -0.376 e. The van der Waals surface area contributed by atoms with Gasteiger partial charge in [-0.2, -0.15) is 0 Å². The van der Waals surface area contributed by atoms with Crippen molar-refractivity contribution in [3.63, 3.8) is 0 Å². The number of carbonyl (C=O) groups is 1. The van der Waals surface area contributed by atoms with Crippen molar-refractivity contribution in [1.82, 2.24) is 15.2 Å². The van der Waals surface area contributed by atoms with Gasteiger partial charge >= 0.3 is 0 Å². The first kappa shape index (κ1) is 18.4. The van der Waals surface area contributed by atoms with Crippen LogP contribution in [0.15, 0.2) is 17.1 Å². The van der Waals surface area contributed by atoms with Crippen LogP contribution >= 0.6 is 0 Å². The van der Waals surface area contributed by atoms with Gasteiger partial charge in [0.1, 0.15) is 5.56 Å². The van der Waals surface area contributed by atoms with Gasteiger partial charge in [0.15, 0.2) is 0 Å². The van der Waals surface area contributed by atoms with Crippen molar-refractivity contribution in [3.05, 3.63) is 33.7 Å². The molecule has 0 bridgehead atoms. The molecule has 2 heterocycles. The molecule has 6 nitrogen and oxygen atoms in total. The summed E-state index contributed by atoms with van der Waals surface area (Å²) in [7, 11) is 0. The van der Waals surface area contributed by atoms with E-state index in [4.69, 9.17) is 4.74 Å². The van der Waals surface area contributed by atoms with Crippen molar-refractivity contribution < 1.29 is 9.53 Å². The van der Waals surface area contributed by atoms with Gasteiger partial charge in [-0.05, 0) is 87.9 Å². The number of aromatic nitrogens is 1. The van der Waals surface area contributed by atoms with Crippen LogP contribution in [0.25, 0.3) is 0 Å². The highest BCUT2D eigenvalue weighted by atomic mass is 16.5. The van der Waals surface area contributed by atoms with Crippen LogP contribution < -0.4 is 16.2 Å². The molecule has 1 saturated heterocycles. The van der Waals surface area contributed by atoms with Gasteiger partial charge in [-0.15, -0.1) is 0 Å². The second-order valence-electron chi connectivity index (χ2n) is 9.36. The number of aryl methyl sites for hydroxylation is 1. The van der Waals surface area contributed by atoms with E-state index in [1.165, 1.54) is 12.8 Å². The lowest BCUT2D eigenvalue weighted by Gasteiger charge is -2.38. The second kappa shape index (κ2) is 7.30. The number of carbonyl (C=O) groups excluding carboxylic acids is 1. The number of hydrogen-bond donors (Lipinski definition) is 2. The lowest BCUT2D eigenvalue weighted by atomic mass is 9.77. The number of fused-ring (bicyclic) bond motifs is 1. The van der Waals surface area contributed by atoms with Gasteiger partial charge in [0, 0.05) is 18.8 Å². The highest BCUT2D eigenvalue weighted by Crippen LogP contribution is 2.37. The zero-order chi connectivity index (χ0) is 19.3. The van der Waals surface area contributed by atoms with Gasteiger partial charge in [-0.1, -0.05) is 0 Å². The maximum atomic E-state index is 13.1. The average molecular weight is 386 g/mol. The Morgan fingerprint density at radius 1 is 1.21 bits per heavy atom. The number of rotatable bonds is 6. The summed E-state index contributed by atoms with van der Waals surface area (Å²) in [6.45, 7) is 4.73. The smallest absolute Gasteiger partial charge is 0.263 e. The van der Waals surface area contributed by atoms with E-state index in [0.717, 1.165) is 50.9 Å². The normalized spacial score (nSPS) is 32.2. The molecule has 152 valence electrons. The zero-order valence-corrected chi connectivity index (χ0v) is 16.7. The van der Waals surface area contributed by atoms with E-state index in [9.17, 15) is 9.59 Å². The van der Waals surface area contributed by atoms with Crippen LogP contribution in [0.2, 0.25) is 0 Å². The molecule has 1 aromatic rings. The number of pyridine rings is 1. The van der Waals surface area contributed by atoms with Crippen molar-refractivity contribution in [2.75, 3.05) is 19.7 Å². The average Bonchev–Trinajstić information content (AvgIpc) is 3.59. The molecule has 1 aliphatic heterocycles. The van der Waals surface area contributed by atoms with Crippen molar-refractivity contribution in [1.29, 1.82) is 0 Å². The first-order valence-electron chi connectivity index (χ1n) is 10.9. The third kappa shape index (κ3) is 3.64. The maximum Gasteiger partial charge on any atom is 0.263 e. The molecular formula is C22H31N3O3. The molecular weight excluding hydrogens is 354 g/mol. The third-order valence-electron chi connectivity index (χ3n) is 7.07. The van der Waals surface area contributed by atoms with Gasteiger partial charge in [-0.25, -0.2) is 0 Å². The standard InChI is InChI=1S/C22H31N3O3/c1-13-6-7-25(17-4-5-17)22(27)20(13)21(26)24-18-8-15-10-23-11-16(15)9-19(18)28-12-14-2-3-14/h6-7,14-19,23H,2-5,8-12H2,1H3,(H,24,26)/t15-,16+,18-,19-/m0/s1. The quantitative estimate of drug-likeness (QED) is 0.786. The van der Waals surface area contributed by atoms with E-state index in [-0.39, 0.29) is 29.7 Å². The van der Waals surface area contributed by atoms with E-state index < -0.39 is 0 Å². The number of ether oxygens (including phenoxy) is 1. The van der Waals surface area contributed by atoms with Crippen molar-refractivity contribution in [2.24, 2.45) is 17.8 Å². The highest BCUT2D eigenvalue weighted by molar-refractivity contribution is 5.95. The van der Waals surface area contributed by atoms with Gasteiger partial charge in [0.05, 0.1) is 12.1 Å². The molecule has 1 amide bonds. The molecule has 3 saturated carbocycles. The number of amides is 1. The molecule has 6 heteroatoms. The topological polar surface area (TPSA) is 72.4 Å². The Balaban J connectivity index is 1.34. The molecule has 0 radical (unpaired) electrons. The SMILES string of the molecule is Cc1ccn(C2CC2)c(=O)c1C(=O)N[C@H]1C[C@H]2CNC[C@H]2C[C@@H]1OCC1CC1. The minimum atomic E-state index is -0.230. The fraction of sp³-hybridized carbons (Fsp3) is 0.727. The monoisotopic (exact) mass is 385 g/mol. The number of nitrogens with zero attached hydrogens (tertiary/aromatic N) is 1. The molecule has 5 rings (SSSR count). The molecule has 0 aromatic carbocycles. The molecule has 3 aliphatic carbocycles. The predicted octanol–water partition coefficient (Wildman–Crippen LogP) is 2.01. The molecule has 4 aliphatic rings. The largest absolute Gasteiger partial charge is 0.376 e. The van der Waals surface area contributed by atoms with Gasteiger partial charge in [0.25, 0.3) is 11.5 Å². The van der Waals surface area contributed by atoms with Crippen molar-refractivity contribution >= 4 is 5.91 Å². The van der Waals surface area contributed by atoms with Crippen LogP contribution in [-0.4, -0.2) is 42.3 Å². The molecule has 0 spiro atoms. The fourth-order valence-corrected chi connectivity index (χ4v) is 4.96. The molecule has 1 aromatic heterocycles. The predicted molar refractivity (Wildman–Crippen MR) is 107 cm³/mol. The Bertz CT molecular complexity index is 812. The Kier molecular flexibility index (Phi) is 4.79. The van der Waals surface area contributed by atoms with E-state index in [2.05, 4.69) is 10.6 Å². The highest BCUT2D eigenvalue weighted by Gasteiger charge is 2.41. The number of hydrogen-bond acceptors (Lipinski definition) is 4. The van der Waals surface area contributed by atoms with E-state index in [1.807, 2.05) is 19.2 Å². The number of nitrogens with one attached hydrogen (secondary N) is 2. The Morgan fingerprint density at radius 3 is 2.68 bits per heavy atom. The Morgan fingerprint density at radius 2 is 1.96 bits per heavy atom. The van der Waals surface area contributed by atoms with Crippen molar-refractivity contribution in [2.45, 2.75) is 63.6 Å². The molecule has 0 unspecified atom stereocenters.